The fourth-order valence-electron chi connectivity index (χ4n) is 1.39. The highest BCUT2D eigenvalue weighted by atomic mass is 16.5. The molecule has 0 aliphatic heterocycles. The Kier molecular flexibility index (Phi) is 7.91. The van der Waals surface area contributed by atoms with E-state index in [2.05, 4.69) is 5.16 Å². The van der Waals surface area contributed by atoms with Crippen molar-refractivity contribution in [3.05, 3.63) is 0 Å². The van der Waals surface area contributed by atoms with Gasteiger partial charge in [-0.1, -0.05) is 19.0 Å². The molecular weight excluding hydrogens is 220 g/mol. The summed E-state index contributed by atoms with van der Waals surface area (Å²) in [6.45, 7) is 9.86. The van der Waals surface area contributed by atoms with Crippen molar-refractivity contribution in [2.45, 2.75) is 46.6 Å². The van der Waals surface area contributed by atoms with Crippen LogP contribution in [-0.4, -0.2) is 37.0 Å². The molecule has 5 nitrogen and oxygen atoms in total. The molecule has 0 spiro atoms. The standard InChI is InChI=1S/C12H26N2O3/c1-5-16-9-10(2)17-8-6-7-12(3,4)11(13)14-15/h10,15H,5-9H2,1-4H3,(H2,13,14). The lowest BCUT2D eigenvalue weighted by Crippen LogP contribution is -2.32. The molecule has 0 saturated heterocycles. The molecule has 5 heteroatoms. The molecule has 17 heavy (non-hydrogen) atoms. The summed E-state index contributed by atoms with van der Waals surface area (Å²) < 4.78 is 10.8. The Morgan fingerprint density at radius 2 is 2.12 bits per heavy atom. The number of amidine groups is 1. The van der Waals surface area contributed by atoms with Gasteiger partial charge in [0.05, 0.1) is 12.7 Å². The highest BCUT2D eigenvalue weighted by Crippen LogP contribution is 2.22. The highest BCUT2D eigenvalue weighted by molar-refractivity contribution is 5.85. The molecule has 0 heterocycles. The van der Waals surface area contributed by atoms with Gasteiger partial charge in [-0.25, -0.2) is 0 Å². The lowest BCUT2D eigenvalue weighted by Gasteiger charge is -2.23. The van der Waals surface area contributed by atoms with Crippen LogP contribution in [0.3, 0.4) is 0 Å². The molecule has 1 unspecified atom stereocenters. The molecule has 0 bridgehead atoms. The highest BCUT2D eigenvalue weighted by Gasteiger charge is 2.22. The molecule has 0 aromatic carbocycles. The Bertz CT molecular complexity index is 230. The van der Waals surface area contributed by atoms with Gasteiger partial charge in [0.25, 0.3) is 0 Å². The van der Waals surface area contributed by atoms with Crippen LogP contribution in [0.15, 0.2) is 5.16 Å². The average Bonchev–Trinajstić information content (AvgIpc) is 2.30. The molecule has 0 aliphatic rings. The smallest absolute Gasteiger partial charge is 0.144 e. The maximum atomic E-state index is 8.63. The van der Waals surface area contributed by atoms with E-state index in [1.54, 1.807) is 0 Å². The zero-order chi connectivity index (χ0) is 13.3. The number of hydrogen-bond acceptors (Lipinski definition) is 4. The predicted octanol–water partition coefficient (Wildman–Crippen LogP) is 1.98. The number of ether oxygens (including phenoxy) is 2. The molecule has 3 N–H and O–H groups in total. The summed E-state index contributed by atoms with van der Waals surface area (Å²) in [4.78, 5) is 0. The normalized spacial score (nSPS) is 14.9. The summed E-state index contributed by atoms with van der Waals surface area (Å²) in [6, 6.07) is 0. The van der Waals surface area contributed by atoms with E-state index < -0.39 is 0 Å². The lowest BCUT2D eigenvalue weighted by atomic mass is 9.87. The second-order valence-electron chi connectivity index (χ2n) is 4.81. The number of nitrogens with two attached hydrogens (primary N) is 1. The van der Waals surface area contributed by atoms with Gasteiger partial charge >= 0.3 is 0 Å². The second kappa shape index (κ2) is 8.31. The van der Waals surface area contributed by atoms with Gasteiger partial charge in [-0.05, 0) is 26.7 Å². The number of nitrogens with zero attached hydrogens (tertiary/aromatic N) is 1. The van der Waals surface area contributed by atoms with Gasteiger partial charge in [0.1, 0.15) is 5.84 Å². The molecule has 1 atom stereocenters. The molecule has 0 saturated carbocycles. The predicted molar refractivity (Wildman–Crippen MR) is 68.3 cm³/mol. The lowest BCUT2D eigenvalue weighted by molar-refractivity contribution is -0.00568. The van der Waals surface area contributed by atoms with E-state index in [4.69, 9.17) is 20.4 Å². The minimum absolute atomic E-state index is 0.113. The van der Waals surface area contributed by atoms with Crippen molar-refractivity contribution in [2.24, 2.45) is 16.3 Å². The van der Waals surface area contributed by atoms with Gasteiger partial charge < -0.3 is 20.4 Å². The van der Waals surface area contributed by atoms with Crippen LogP contribution in [0.5, 0.6) is 0 Å². The first-order valence-corrected chi connectivity index (χ1v) is 6.11. The van der Waals surface area contributed by atoms with Crippen LogP contribution in [0, 0.1) is 5.41 Å². The molecular formula is C12H26N2O3. The number of hydrogen-bond donors (Lipinski definition) is 2. The first-order chi connectivity index (χ1) is 7.94. The summed E-state index contributed by atoms with van der Waals surface area (Å²) in [5, 5.41) is 11.7. The van der Waals surface area contributed by atoms with Gasteiger partial charge in [-0.3, -0.25) is 0 Å². The van der Waals surface area contributed by atoms with Gasteiger partial charge in [0.15, 0.2) is 0 Å². The molecule has 0 amide bonds. The van der Waals surface area contributed by atoms with Crippen LogP contribution in [0.4, 0.5) is 0 Å². The fourth-order valence-corrected chi connectivity index (χ4v) is 1.39. The Labute approximate surface area is 104 Å². The van der Waals surface area contributed by atoms with E-state index in [1.165, 1.54) is 0 Å². The van der Waals surface area contributed by atoms with Crippen LogP contribution >= 0.6 is 0 Å². The van der Waals surface area contributed by atoms with Crippen LogP contribution < -0.4 is 5.73 Å². The van der Waals surface area contributed by atoms with Crippen LogP contribution in [0.1, 0.15) is 40.5 Å². The van der Waals surface area contributed by atoms with Crippen molar-refractivity contribution in [1.82, 2.24) is 0 Å². The average molecular weight is 246 g/mol. The number of rotatable bonds is 9. The number of oxime groups is 1. The van der Waals surface area contributed by atoms with Crippen molar-refractivity contribution in [3.63, 3.8) is 0 Å². The summed E-state index contributed by atoms with van der Waals surface area (Å²) in [5.41, 5.74) is 5.31. The SMILES string of the molecule is CCOCC(C)OCCCC(C)(C)C(N)=NO. The van der Waals surface area contributed by atoms with Gasteiger partial charge in [-0.2, -0.15) is 0 Å². The van der Waals surface area contributed by atoms with Crippen LogP contribution in [0.25, 0.3) is 0 Å². The van der Waals surface area contributed by atoms with E-state index in [0.717, 1.165) is 12.8 Å². The van der Waals surface area contributed by atoms with Gasteiger partial charge in [-0.15, -0.1) is 0 Å². The third-order valence-electron chi connectivity index (χ3n) is 2.71. The van der Waals surface area contributed by atoms with Crippen molar-refractivity contribution in [3.8, 4) is 0 Å². The van der Waals surface area contributed by atoms with Crippen LogP contribution in [-0.2, 0) is 9.47 Å². The quantitative estimate of drug-likeness (QED) is 0.214. The van der Waals surface area contributed by atoms with E-state index in [1.807, 2.05) is 27.7 Å². The monoisotopic (exact) mass is 246 g/mol. The fraction of sp³-hybridized carbons (Fsp3) is 0.917. The largest absolute Gasteiger partial charge is 0.409 e. The topological polar surface area (TPSA) is 77.1 Å². The van der Waals surface area contributed by atoms with Crippen molar-refractivity contribution >= 4 is 5.84 Å². The molecule has 0 radical (unpaired) electrons. The third kappa shape index (κ3) is 7.18. The Hall–Kier alpha value is -0.810. The Morgan fingerprint density at radius 1 is 1.47 bits per heavy atom. The van der Waals surface area contributed by atoms with Crippen LogP contribution in [0.2, 0.25) is 0 Å². The molecule has 0 aromatic rings. The first kappa shape index (κ1) is 16.2. The Morgan fingerprint density at radius 3 is 2.65 bits per heavy atom. The van der Waals surface area contributed by atoms with Gasteiger partial charge in [0, 0.05) is 18.6 Å². The van der Waals surface area contributed by atoms with E-state index in [0.29, 0.717) is 19.8 Å². The summed E-state index contributed by atoms with van der Waals surface area (Å²) >= 11 is 0. The maximum absolute atomic E-state index is 8.63. The zero-order valence-corrected chi connectivity index (χ0v) is 11.4. The summed E-state index contributed by atoms with van der Waals surface area (Å²) in [6.07, 6.45) is 1.81. The molecule has 0 aliphatic carbocycles. The maximum Gasteiger partial charge on any atom is 0.144 e. The van der Waals surface area contributed by atoms with E-state index in [9.17, 15) is 0 Å². The molecule has 102 valence electrons. The summed E-state index contributed by atoms with van der Waals surface area (Å²) in [5.74, 6) is 0.264. The molecule has 0 rings (SSSR count). The van der Waals surface area contributed by atoms with E-state index in [-0.39, 0.29) is 17.4 Å². The molecule has 0 aromatic heterocycles. The van der Waals surface area contributed by atoms with Gasteiger partial charge in [0.2, 0.25) is 0 Å². The minimum atomic E-state index is -0.290. The first-order valence-electron chi connectivity index (χ1n) is 6.11. The zero-order valence-electron chi connectivity index (χ0n) is 11.4. The van der Waals surface area contributed by atoms with Crippen molar-refractivity contribution in [1.29, 1.82) is 0 Å². The van der Waals surface area contributed by atoms with Crippen molar-refractivity contribution < 1.29 is 14.7 Å². The second-order valence-corrected chi connectivity index (χ2v) is 4.81. The van der Waals surface area contributed by atoms with Crippen molar-refractivity contribution in [2.75, 3.05) is 19.8 Å². The van der Waals surface area contributed by atoms with E-state index >= 15 is 0 Å². The summed E-state index contributed by atoms with van der Waals surface area (Å²) in [7, 11) is 0. The molecule has 0 fully saturated rings. The minimum Gasteiger partial charge on any atom is -0.409 e. The third-order valence-corrected chi connectivity index (χ3v) is 2.71. The Balaban J connectivity index is 3.70.